The van der Waals surface area contributed by atoms with Crippen LogP contribution in [-0.4, -0.2) is 24.8 Å². The number of carboxylic acid groups (broad SMARTS) is 1. The SMILES string of the molecule is COc1ccc(/C=C/C(=O)O)cc1COCCC1CC1. The van der Waals surface area contributed by atoms with Gasteiger partial charge >= 0.3 is 5.97 Å². The number of ether oxygens (including phenoxy) is 2. The third-order valence-corrected chi connectivity index (χ3v) is 3.35. The lowest BCUT2D eigenvalue weighted by Gasteiger charge is -2.10. The second-order valence-corrected chi connectivity index (χ2v) is 5.03. The summed E-state index contributed by atoms with van der Waals surface area (Å²) in [6, 6.07) is 5.56. The molecule has 0 heterocycles. The number of carbonyl (C=O) groups is 1. The minimum atomic E-state index is -0.956. The fourth-order valence-corrected chi connectivity index (χ4v) is 2.02. The van der Waals surface area contributed by atoms with Crippen LogP contribution in [0.3, 0.4) is 0 Å². The predicted octanol–water partition coefficient (Wildman–Crippen LogP) is 3.11. The van der Waals surface area contributed by atoms with Crippen molar-refractivity contribution in [2.24, 2.45) is 5.92 Å². The van der Waals surface area contributed by atoms with Crippen LogP contribution >= 0.6 is 0 Å². The molecule has 1 aromatic carbocycles. The first kappa shape index (κ1) is 14.6. The Bertz CT molecular complexity index is 489. The molecule has 1 aliphatic rings. The summed E-state index contributed by atoms with van der Waals surface area (Å²) in [5.74, 6) is 0.675. The second-order valence-electron chi connectivity index (χ2n) is 5.03. The van der Waals surface area contributed by atoms with E-state index in [-0.39, 0.29) is 0 Å². The lowest BCUT2D eigenvalue weighted by atomic mass is 10.1. The summed E-state index contributed by atoms with van der Waals surface area (Å²) in [6.07, 6.45) is 6.49. The molecule has 0 amide bonds. The van der Waals surface area contributed by atoms with Crippen LogP contribution in [0.25, 0.3) is 6.08 Å². The fourth-order valence-electron chi connectivity index (χ4n) is 2.02. The first-order chi connectivity index (χ1) is 9.69. The number of aliphatic carboxylic acids is 1. The molecule has 0 saturated heterocycles. The van der Waals surface area contributed by atoms with Gasteiger partial charge < -0.3 is 14.6 Å². The zero-order valence-electron chi connectivity index (χ0n) is 11.7. The zero-order chi connectivity index (χ0) is 14.4. The van der Waals surface area contributed by atoms with Gasteiger partial charge in [-0.3, -0.25) is 0 Å². The molecule has 20 heavy (non-hydrogen) atoms. The van der Waals surface area contributed by atoms with Gasteiger partial charge in [0.25, 0.3) is 0 Å². The topological polar surface area (TPSA) is 55.8 Å². The highest BCUT2D eigenvalue weighted by atomic mass is 16.5. The molecule has 2 rings (SSSR count). The van der Waals surface area contributed by atoms with Crippen LogP contribution in [-0.2, 0) is 16.1 Å². The molecule has 1 aromatic rings. The van der Waals surface area contributed by atoms with E-state index in [4.69, 9.17) is 14.6 Å². The van der Waals surface area contributed by atoms with Gasteiger partial charge in [0.2, 0.25) is 0 Å². The van der Waals surface area contributed by atoms with Gasteiger partial charge in [0.1, 0.15) is 5.75 Å². The lowest BCUT2D eigenvalue weighted by molar-refractivity contribution is -0.131. The maximum Gasteiger partial charge on any atom is 0.328 e. The molecular weight excluding hydrogens is 256 g/mol. The minimum absolute atomic E-state index is 0.491. The molecule has 0 aromatic heterocycles. The zero-order valence-corrected chi connectivity index (χ0v) is 11.7. The number of hydrogen-bond donors (Lipinski definition) is 1. The van der Waals surface area contributed by atoms with Crippen molar-refractivity contribution in [3.05, 3.63) is 35.4 Å². The van der Waals surface area contributed by atoms with Crippen LogP contribution < -0.4 is 4.74 Å². The van der Waals surface area contributed by atoms with Gasteiger partial charge in [-0.2, -0.15) is 0 Å². The highest BCUT2D eigenvalue weighted by Crippen LogP contribution is 2.32. The van der Waals surface area contributed by atoms with Crippen LogP contribution in [0.4, 0.5) is 0 Å². The van der Waals surface area contributed by atoms with E-state index in [1.54, 1.807) is 13.2 Å². The Morgan fingerprint density at radius 1 is 1.45 bits per heavy atom. The van der Waals surface area contributed by atoms with E-state index in [0.717, 1.165) is 41.9 Å². The average Bonchev–Trinajstić information content (AvgIpc) is 3.25. The summed E-state index contributed by atoms with van der Waals surface area (Å²) >= 11 is 0. The largest absolute Gasteiger partial charge is 0.496 e. The number of hydrogen-bond acceptors (Lipinski definition) is 3. The van der Waals surface area contributed by atoms with E-state index in [1.807, 2.05) is 18.2 Å². The Labute approximate surface area is 119 Å². The molecule has 4 nitrogen and oxygen atoms in total. The smallest absolute Gasteiger partial charge is 0.328 e. The van der Waals surface area contributed by atoms with Gasteiger partial charge in [0.15, 0.2) is 0 Å². The third kappa shape index (κ3) is 4.70. The van der Waals surface area contributed by atoms with Crippen LogP contribution in [0.15, 0.2) is 24.3 Å². The van der Waals surface area contributed by atoms with Crippen LogP contribution in [0.5, 0.6) is 5.75 Å². The van der Waals surface area contributed by atoms with Gasteiger partial charge in [-0.1, -0.05) is 18.9 Å². The number of carboxylic acids is 1. The van der Waals surface area contributed by atoms with Crippen molar-refractivity contribution in [3.63, 3.8) is 0 Å². The van der Waals surface area contributed by atoms with E-state index < -0.39 is 5.97 Å². The molecule has 0 atom stereocenters. The highest BCUT2D eigenvalue weighted by molar-refractivity contribution is 5.85. The number of benzene rings is 1. The van der Waals surface area contributed by atoms with Crippen molar-refractivity contribution in [2.45, 2.75) is 25.9 Å². The molecule has 0 bridgehead atoms. The Balaban J connectivity index is 1.95. The van der Waals surface area contributed by atoms with Crippen LogP contribution in [0, 0.1) is 5.92 Å². The van der Waals surface area contributed by atoms with Gasteiger partial charge in [-0.05, 0) is 36.1 Å². The first-order valence-corrected chi connectivity index (χ1v) is 6.84. The Kier molecular flexibility index (Phi) is 5.18. The number of methoxy groups -OCH3 is 1. The molecule has 0 aliphatic heterocycles. The maximum atomic E-state index is 10.5. The molecule has 1 N–H and O–H groups in total. The molecule has 1 saturated carbocycles. The van der Waals surface area contributed by atoms with Gasteiger partial charge in [-0.25, -0.2) is 4.79 Å². The quantitative estimate of drug-likeness (QED) is 0.585. The van der Waals surface area contributed by atoms with Crippen molar-refractivity contribution in [1.82, 2.24) is 0 Å². The molecule has 108 valence electrons. The van der Waals surface area contributed by atoms with Crippen LogP contribution in [0.1, 0.15) is 30.4 Å². The summed E-state index contributed by atoms with van der Waals surface area (Å²) < 4.78 is 11.0. The van der Waals surface area contributed by atoms with E-state index in [1.165, 1.54) is 12.8 Å². The number of rotatable bonds is 8. The second kappa shape index (κ2) is 7.10. The van der Waals surface area contributed by atoms with Crippen molar-refractivity contribution in [3.8, 4) is 5.75 Å². The van der Waals surface area contributed by atoms with Crippen molar-refractivity contribution in [2.75, 3.05) is 13.7 Å². The van der Waals surface area contributed by atoms with E-state index in [0.29, 0.717) is 6.61 Å². The first-order valence-electron chi connectivity index (χ1n) is 6.84. The summed E-state index contributed by atoms with van der Waals surface area (Å²) in [5, 5.41) is 8.64. The maximum absolute atomic E-state index is 10.5. The summed E-state index contributed by atoms with van der Waals surface area (Å²) in [6.45, 7) is 1.26. The lowest BCUT2D eigenvalue weighted by Crippen LogP contribution is -1.99. The van der Waals surface area contributed by atoms with E-state index >= 15 is 0 Å². The third-order valence-electron chi connectivity index (χ3n) is 3.35. The molecule has 0 radical (unpaired) electrons. The summed E-state index contributed by atoms with van der Waals surface area (Å²) in [7, 11) is 1.62. The molecular formula is C16H20O4. The Morgan fingerprint density at radius 3 is 2.90 bits per heavy atom. The van der Waals surface area contributed by atoms with E-state index in [9.17, 15) is 4.79 Å². The van der Waals surface area contributed by atoms with Crippen molar-refractivity contribution < 1.29 is 19.4 Å². The van der Waals surface area contributed by atoms with Gasteiger partial charge in [-0.15, -0.1) is 0 Å². The van der Waals surface area contributed by atoms with Gasteiger partial charge in [0, 0.05) is 18.2 Å². The summed E-state index contributed by atoms with van der Waals surface area (Å²) in [4.78, 5) is 10.5. The standard InChI is InChI=1S/C16H20O4/c1-19-15-6-4-13(5-7-16(17)18)10-14(15)11-20-9-8-12-2-3-12/h4-7,10,12H,2-3,8-9,11H2,1H3,(H,17,18)/b7-5+. The van der Waals surface area contributed by atoms with Crippen LogP contribution in [0.2, 0.25) is 0 Å². The fraction of sp³-hybridized carbons (Fsp3) is 0.438. The normalized spacial score (nSPS) is 14.7. The monoisotopic (exact) mass is 276 g/mol. The average molecular weight is 276 g/mol. The Hall–Kier alpha value is -1.81. The predicted molar refractivity (Wildman–Crippen MR) is 76.7 cm³/mol. The highest BCUT2D eigenvalue weighted by Gasteiger charge is 2.20. The molecule has 0 unspecified atom stereocenters. The van der Waals surface area contributed by atoms with Crippen molar-refractivity contribution >= 4 is 12.0 Å². The molecule has 1 fully saturated rings. The molecule has 4 heteroatoms. The van der Waals surface area contributed by atoms with Crippen molar-refractivity contribution in [1.29, 1.82) is 0 Å². The Morgan fingerprint density at radius 2 is 2.25 bits per heavy atom. The minimum Gasteiger partial charge on any atom is -0.496 e. The van der Waals surface area contributed by atoms with E-state index in [2.05, 4.69) is 0 Å². The summed E-state index contributed by atoms with van der Waals surface area (Å²) in [5.41, 5.74) is 1.77. The van der Waals surface area contributed by atoms with Gasteiger partial charge in [0.05, 0.1) is 13.7 Å². The molecule has 0 spiro atoms. The molecule has 1 aliphatic carbocycles.